The van der Waals surface area contributed by atoms with Gasteiger partial charge in [0.05, 0.1) is 12.7 Å². The van der Waals surface area contributed by atoms with Gasteiger partial charge in [-0.15, -0.1) is 0 Å². The smallest absolute Gasteiger partial charge is 0.0590 e. The quantitative estimate of drug-likeness (QED) is 0.625. The van der Waals surface area contributed by atoms with E-state index in [-0.39, 0.29) is 6.10 Å². The predicted octanol–water partition coefficient (Wildman–Crippen LogP) is 1.94. The van der Waals surface area contributed by atoms with Crippen molar-refractivity contribution in [1.29, 1.82) is 0 Å². The highest BCUT2D eigenvalue weighted by atomic mass is 16.5. The molecule has 96 valence electrons. The van der Waals surface area contributed by atoms with Crippen LogP contribution in [0.5, 0.6) is 0 Å². The molecule has 3 nitrogen and oxygen atoms in total. The van der Waals surface area contributed by atoms with E-state index in [9.17, 15) is 5.11 Å². The molecule has 16 heavy (non-hydrogen) atoms. The lowest BCUT2D eigenvalue weighted by Crippen LogP contribution is -2.30. The third kappa shape index (κ3) is 6.46. The summed E-state index contributed by atoms with van der Waals surface area (Å²) in [4.78, 5) is 0. The summed E-state index contributed by atoms with van der Waals surface area (Å²) in [5, 5.41) is 12.8. The van der Waals surface area contributed by atoms with Gasteiger partial charge in [0.15, 0.2) is 0 Å². The summed E-state index contributed by atoms with van der Waals surface area (Å²) in [7, 11) is 0. The van der Waals surface area contributed by atoms with Gasteiger partial charge in [0.1, 0.15) is 0 Å². The molecule has 1 aliphatic rings. The van der Waals surface area contributed by atoms with Gasteiger partial charge < -0.3 is 15.2 Å². The van der Waals surface area contributed by atoms with E-state index in [1.807, 2.05) is 0 Å². The van der Waals surface area contributed by atoms with Crippen LogP contribution < -0.4 is 5.32 Å². The lowest BCUT2D eigenvalue weighted by Gasteiger charge is -2.25. The van der Waals surface area contributed by atoms with E-state index in [2.05, 4.69) is 12.2 Å². The Bertz CT molecular complexity index is 156. The molecule has 1 fully saturated rings. The van der Waals surface area contributed by atoms with Crippen molar-refractivity contribution in [3.63, 3.8) is 0 Å². The van der Waals surface area contributed by atoms with E-state index in [1.165, 1.54) is 25.7 Å². The van der Waals surface area contributed by atoms with Crippen LogP contribution in [0.15, 0.2) is 0 Å². The molecule has 0 amide bonds. The highest BCUT2D eigenvalue weighted by molar-refractivity contribution is 4.72. The largest absolute Gasteiger partial charge is 0.393 e. The van der Waals surface area contributed by atoms with Crippen molar-refractivity contribution in [2.24, 2.45) is 5.92 Å². The second-order valence-electron chi connectivity index (χ2n) is 4.84. The maximum absolute atomic E-state index is 9.38. The zero-order valence-corrected chi connectivity index (χ0v) is 10.6. The summed E-state index contributed by atoms with van der Waals surface area (Å²) in [6, 6.07) is 0. The molecule has 1 aliphatic carbocycles. The molecule has 0 aliphatic heterocycles. The van der Waals surface area contributed by atoms with E-state index in [1.54, 1.807) is 0 Å². The minimum absolute atomic E-state index is 0.0337. The fourth-order valence-electron chi connectivity index (χ4n) is 2.15. The van der Waals surface area contributed by atoms with Crippen molar-refractivity contribution < 1.29 is 9.84 Å². The lowest BCUT2D eigenvalue weighted by molar-refractivity contribution is 0.105. The van der Waals surface area contributed by atoms with Crippen LogP contribution in [-0.4, -0.2) is 37.5 Å². The Balaban J connectivity index is 1.84. The van der Waals surface area contributed by atoms with Gasteiger partial charge in [0, 0.05) is 13.2 Å². The molecule has 0 heterocycles. The van der Waals surface area contributed by atoms with Gasteiger partial charge >= 0.3 is 0 Å². The molecule has 0 saturated heterocycles. The second-order valence-corrected chi connectivity index (χ2v) is 4.84. The van der Waals surface area contributed by atoms with Crippen molar-refractivity contribution in [2.75, 3.05) is 26.3 Å². The van der Waals surface area contributed by atoms with Gasteiger partial charge in [0.25, 0.3) is 0 Å². The Morgan fingerprint density at radius 1 is 1.19 bits per heavy atom. The van der Waals surface area contributed by atoms with Gasteiger partial charge in [-0.2, -0.15) is 0 Å². The molecule has 0 radical (unpaired) electrons. The lowest BCUT2D eigenvalue weighted by atomic mass is 9.87. The molecule has 0 atom stereocenters. The fraction of sp³-hybridized carbons (Fsp3) is 1.00. The zero-order chi connectivity index (χ0) is 11.6. The topological polar surface area (TPSA) is 41.5 Å². The fourth-order valence-corrected chi connectivity index (χ4v) is 2.15. The number of aliphatic hydroxyl groups is 1. The molecule has 1 saturated carbocycles. The van der Waals surface area contributed by atoms with Crippen LogP contribution in [0, 0.1) is 5.92 Å². The average molecular weight is 229 g/mol. The SMILES string of the molecule is CCCCOCCNCC1CCC(O)CC1. The zero-order valence-electron chi connectivity index (χ0n) is 10.6. The highest BCUT2D eigenvalue weighted by Gasteiger charge is 2.18. The molecule has 0 bridgehead atoms. The molecule has 0 spiro atoms. The third-order valence-electron chi connectivity index (χ3n) is 3.31. The van der Waals surface area contributed by atoms with Crippen molar-refractivity contribution in [3.8, 4) is 0 Å². The van der Waals surface area contributed by atoms with Crippen LogP contribution in [0.3, 0.4) is 0 Å². The monoisotopic (exact) mass is 229 g/mol. The summed E-state index contributed by atoms with van der Waals surface area (Å²) in [6.45, 7) is 5.95. The summed E-state index contributed by atoms with van der Waals surface area (Å²) in [5.41, 5.74) is 0. The number of hydrogen-bond acceptors (Lipinski definition) is 3. The van der Waals surface area contributed by atoms with E-state index in [0.29, 0.717) is 0 Å². The Morgan fingerprint density at radius 3 is 2.62 bits per heavy atom. The Kier molecular flexibility index (Phi) is 7.81. The summed E-state index contributed by atoms with van der Waals surface area (Å²) in [6.07, 6.45) is 6.65. The van der Waals surface area contributed by atoms with Crippen LogP contribution in [0.25, 0.3) is 0 Å². The number of aliphatic hydroxyl groups excluding tert-OH is 1. The maximum atomic E-state index is 9.38. The van der Waals surface area contributed by atoms with Crippen LogP contribution in [-0.2, 0) is 4.74 Å². The maximum Gasteiger partial charge on any atom is 0.0590 e. The summed E-state index contributed by atoms with van der Waals surface area (Å²) < 4.78 is 5.48. The van der Waals surface area contributed by atoms with Crippen LogP contribution in [0.4, 0.5) is 0 Å². The molecule has 3 heteroatoms. The Labute approximate surface area is 99.6 Å². The van der Waals surface area contributed by atoms with Gasteiger partial charge in [-0.25, -0.2) is 0 Å². The number of unbranched alkanes of at least 4 members (excludes halogenated alkanes) is 1. The third-order valence-corrected chi connectivity index (χ3v) is 3.31. The standard InChI is InChI=1S/C13H27NO2/c1-2-3-9-16-10-8-14-11-12-4-6-13(15)7-5-12/h12-15H,2-11H2,1H3. The van der Waals surface area contributed by atoms with Crippen LogP contribution >= 0.6 is 0 Å². The minimum Gasteiger partial charge on any atom is -0.393 e. The van der Waals surface area contributed by atoms with E-state index >= 15 is 0 Å². The van der Waals surface area contributed by atoms with E-state index in [0.717, 1.165) is 45.1 Å². The Hall–Kier alpha value is -0.120. The van der Waals surface area contributed by atoms with E-state index in [4.69, 9.17) is 4.74 Å². The van der Waals surface area contributed by atoms with Gasteiger partial charge in [-0.3, -0.25) is 0 Å². The first-order valence-electron chi connectivity index (χ1n) is 6.79. The highest BCUT2D eigenvalue weighted by Crippen LogP contribution is 2.23. The Morgan fingerprint density at radius 2 is 1.94 bits per heavy atom. The number of hydrogen-bond donors (Lipinski definition) is 2. The molecule has 0 aromatic carbocycles. The summed E-state index contributed by atoms with van der Waals surface area (Å²) in [5.74, 6) is 0.763. The first-order chi connectivity index (χ1) is 7.83. The number of ether oxygens (including phenoxy) is 1. The van der Waals surface area contributed by atoms with Crippen LogP contribution in [0.1, 0.15) is 45.4 Å². The van der Waals surface area contributed by atoms with Gasteiger partial charge in [-0.05, 0) is 44.6 Å². The normalized spacial score (nSPS) is 25.9. The minimum atomic E-state index is -0.0337. The second kappa shape index (κ2) is 8.97. The number of rotatable bonds is 8. The molecule has 1 rings (SSSR count). The van der Waals surface area contributed by atoms with Crippen molar-refractivity contribution in [1.82, 2.24) is 5.32 Å². The molecular weight excluding hydrogens is 202 g/mol. The first kappa shape index (κ1) is 13.9. The molecular formula is C13H27NO2. The van der Waals surface area contributed by atoms with Gasteiger partial charge in [0.2, 0.25) is 0 Å². The average Bonchev–Trinajstić information content (AvgIpc) is 2.30. The van der Waals surface area contributed by atoms with Crippen molar-refractivity contribution in [3.05, 3.63) is 0 Å². The van der Waals surface area contributed by atoms with Crippen molar-refractivity contribution >= 4 is 0 Å². The van der Waals surface area contributed by atoms with Gasteiger partial charge in [-0.1, -0.05) is 13.3 Å². The van der Waals surface area contributed by atoms with Crippen molar-refractivity contribution in [2.45, 2.75) is 51.6 Å². The van der Waals surface area contributed by atoms with Crippen LogP contribution in [0.2, 0.25) is 0 Å². The molecule has 0 unspecified atom stereocenters. The first-order valence-corrected chi connectivity index (χ1v) is 6.79. The summed E-state index contributed by atoms with van der Waals surface area (Å²) >= 11 is 0. The number of nitrogens with one attached hydrogen (secondary N) is 1. The molecule has 0 aromatic heterocycles. The molecule has 2 N–H and O–H groups in total. The van der Waals surface area contributed by atoms with E-state index < -0.39 is 0 Å². The molecule has 0 aromatic rings. The predicted molar refractivity (Wildman–Crippen MR) is 66.6 cm³/mol.